The van der Waals surface area contributed by atoms with Gasteiger partial charge >= 0.3 is 0 Å². The quantitative estimate of drug-likeness (QED) is 0.714. The van der Waals surface area contributed by atoms with Gasteiger partial charge in [0.25, 0.3) is 0 Å². The summed E-state index contributed by atoms with van der Waals surface area (Å²) in [5.41, 5.74) is 0. The van der Waals surface area contributed by atoms with Crippen molar-refractivity contribution in [3.05, 3.63) is 0 Å². The number of hydrogen-bond donors (Lipinski definition) is 0. The molecule has 3 unspecified atom stereocenters. The van der Waals surface area contributed by atoms with E-state index >= 15 is 0 Å². The SMILES string of the molecule is CCN(CCOC)CC1C(=O)CC(C)CC1C. The van der Waals surface area contributed by atoms with Crippen molar-refractivity contribution < 1.29 is 9.53 Å². The van der Waals surface area contributed by atoms with Gasteiger partial charge in [-0.05, 0) is 24.8 Å². The van der Waals surface area contributed by atoms with Crippen LogP contribution >= 0.6 is 0 Å². The minimum Gasteiger partial charge on any atom is -0.383 e. The van der Waals surface area contributed by atoms with Crippen molar-refractivity contribution in [2.24, 2.45) is 17.8 Å². The lowest BCUT2D eigenvalue weighted by atomic mass is 9.74. The second-order valence-corrected chi connectivity index (χ2v) is 5.48. The predicted octanol–water partition coefficient (Wildman–Crippen LogP) is 2.21. The van der Waals surface area contributed by atoms with E-state index in [2.05, 4.69) is 25.7 Å². The molecular formula is C14H27NO2. The summed E-state index contributed by atoms with van der Waals surface area (Å²) in [6.07, 6.45) is 1.97. The zero-order valence-corrected chi connectivity index (χ0v) is 11.7. The van der Waals surface area contributed by atoms with E-state index in [4.69, 9.17) is 4.74 Å². The number of ether oxygens (including phenoxy) is 1. The molecule has 0 aliphatic heterocycles. The Morgan fingerprint density at radius 2 is 2.12 bits per heavy atom. The molecule has 0 amide bonds. The molecule has 1 aliphatic rings. The summed E-state index contributed by atoms with van der Waals surface area (Å²) in [7, 11) is 1.73. The molecule has 1 saturated carbocycles. The van der Waals surface area contributed by atoms with Crippen LogP contribution in [-0.2, 0) is 9.53 Å². The van der Waals surface area contributed by atoms with Gasteiger partial charge in [0.1, 0.15) is 5.78 Å². The number of methoxy groups -OCH3 is 1. The van der Waals surface area contributed by atoms with Gasteiger partial charge in [0.05, 0.1) is 6.61 Å². The first-order valence-corrected chi connectivity index (χ1v) is 6.82. The number of carbonyl (C=O) groups excluding carboxylic acids is 1. The molecular weight excluding hydrogens is 214 g/mol. The molecule has 1 aliphatic carbocycles. The molecule has 0 aromatic heterocycles. The van der Waals surface area contributed by atoms with Crippen LogP contribution in [-0.4, -0.2) is 44.0 Å². The summed E-state index contributed by atoms with van der Waals surface area (Å²) in [6, 6.07) is 0. The van der Waals surface area contributed by atoms with E-state index < -0.39 is 0 Å². The Bertz CT molecular complexity index is 242. The lowest BCUT2D eigenvalue weighted by molar-refractivity contribution is -0.128. The van der Waals surface area contributed by atoms with Crippen LogP contribution in [0.25, 0.3) is 0 Å². The third kappa shape index (κ3) is 4.40. The molecule has 0 aromatic rings. The van der Waals surface area contributed by atoms with Gasteiger partial charge < -0.3 is 9.64 Å². The molecule has 1 fully saturated rings. The highest BCUT2D eigenvalue weighted by atomic mass is 16.5. The molecule has 0 spiro atoms. The van der Waals surface area contributed by atoms with Crippen molar-refractivity contribution in [1.29, 1.82) is 0 Å². The molecule has 0 bridgehead atoms. The predicted molar refractivity (Wildman–Crippen MR) is 70.0 cm³/mol. The molecule has 0 radical (unpaired) electrons. The lowest BCUT2D eigenvalue weighted by Crippen LogP contribution is -2.41. The number of hydrogen-bond acceptors (Lipinski definition) is 3. The molecule has 0 N–H and O–H groups in total. The number of Topliss-reactive ketones (excluding diaryl/α,β-unsaturated/α-hetero) is 1. The summed E-state index contributed by atoms with van der Waals surface area (Å²) in [6.45, 7) is 10.1. The maximum Gasteiger partial charge on any atom is 0.137 e. The van der Waals surface area contributed by atoms with E-state index in [0.717, 1.165) is 32.7 Å². The average molecular weight is 241 g/mol. The van der Waals surface area contributed by atoms with Crippen LogP contribution in [0.5, 0.6) is 0 Å². The Kier molecular flexibility index (Phi) is 6.14. The second-order valence-electron chi connectivity index (χ2n) is 5.48. The third-order valence-corrected chi connectivity index (χ3v) is 3.94. The highest BCUT2D eigenvalue weighted by Gasteiger charge is 2.33. The largest absolute Gasteiger partial charge is 0.383 e. The van der Waals surface area contributed by atoms with Crippen LogP contribution in [0.3, 0.4) is 0 Å². The van der Waals surface area contributed by atoms with E-state index in [-0.39, 0.29) is 5.92 Å². The van der Waals surface area contributed by atoms with Crippen molar-refractivity contribution in [1.82, 2.24) is 4.90 Å². The summed E-state index contributed by atoms with van der Waals surface area (Å²) in [5.74, 6) is 1.81. The normalized spacial score (nSPS) is 29.9. The van der Waals surface area contributed by atoms with Crippen LogP contribution in [0.1, 0.15) is 33.6 Å². The van der Waals surface area contributed by atoms with Gasteiger partial charge in [0.2, 0.25) is 0 Å². The van der Waals surface area contributed by atoms with Crippen molar-refractivity contribution in [3.63, 3.8) is 0 Å². The fourth-order valence-electron chi connectivity index (χ4n) is 2.85. The molecule has 0 saturated heterocycles. The Balaban J connectivity index is 2.49. The van der Waals surface area contributed by atoms with Crippen LogP contribution in [0, 0.1) is 17.8 Å². The van der Waals surface area contributed by atoms with E-state index in [1.807, 2.05) is 0 Å². The minimum absolute atomic E-state index is 0.239. The molecule has 0 heterocycles. The summed E-state index contributed by atoms with van der Waals surface area (Å²) in [5, 5.41) is 0. The Hall–Kier alpha value is -0.410. The monoisotopic (exact) mass is 241 g/mol. The molecule has 17 heavy (non-hydrogen) atoms. The lowest BCUT2D eigenvalue weighted by Gasteiger charge is -2.34. The molecule has 3 heteroatoms. The summed E-state index contributed by atoms with van der Waals surface area (Å²) < 4.78 is 5.11. The zero-order chi connectivity index (χ0) is 12.8. The van der Waals surface area contributed by atoms with Crippen LogP contribution < -0.4 is 0 Å². The maximum absolute atomic E-state index is 12.1. The first-order valence-electron chi connectivity index (χ1n) is 6.82. The first-order chi connectivity index (χ1) is 8.08. The Morgan fingerprint density at radius 1 is 1.41 bits per heavy atom. The third-order valence-electron chi connectivity index (χ3n) is 3.94. The van der Waals surface area contributed by atoms with E-state index in [0.29, 0.717) is 17.6 Å². The fourth-order valence-corrected chi connectivity index (χ4v) is 2.85. The number of ketones is 1. The number of carbonyl (C=O) groups is 1. The van der Waals surface area contributed by atoms with Crippen molar-refractivity contribution in [2.45, 2.75) is 33.6 Å². The van der Waals surface area contributed by atoms with Gasteiger partial charge in [-0.25, -0.2) is 0 Å². The van der Waals surface area contributed by atoms with Crippen LogP contribution in [0.2, 0.25) is 0 Å². The van der Waals surface area contributed by atoms with E-state index in [1.54, 1.807) is 7.11 Å². The topological polar surface area (TPSA) is 29.5 Å². The first kappa shape index (κ1) is 14.7. The molecule has 0 aromatic carbocycles. The minimum atomic E-state index is 0.239. The van der Waals surface area contributed by atoms with Crippen LogP contribution in [0.4, 0.5) is 0 Å². The second kappa shape index (κ2) is 7.12. The summed E-state index contributed by atoms with van der Waals surface area (Å²) in [4.78, 5) is 14.4. The van der Waals surface area contributed by atoms with Gasteiger partial charge in [-0.1, -0.05) is 20.8 Å². The van der Waals surface area contributed by atoms with Gasteiger partial charge in [-0.15, -0.1) is 0 Å². The number of rotatable bonds is 6. The van der Waals surface area contributed by atoms with E-state index in [1.165, 1.54) is 6.42 Å². The van der Waals surface area contributed by atoms with Gasteiger partial charge in [-0.3, -0.25) is 4.79 Å². The van der Waals surface area contributed by atoms with E-state index in [9.17, 15) is 4.79 Å². The average Bonchev–Trinajstić information content (AvgIpc) is 2.27. The fraction of sp³-hybridized carbons (Fsp3) is 0.929. The Morgan fingerprint density at radius 3 is 2.65 bits per heavy atom. The summed E-state index contributed by atoms with van der Waals surface area (Å²) >= 11 is 0. The molecule has 3 nitrogen and oxygen atoms in total. The highest BCUT2D eigenvalue weighted by Crippen LogP contribution is 2.31. The van der Waals surface area contributed by atoms with Gasteiger partial charge in [0.15, 0.2) is 0 Å². The van der Waals surface area contributed by atoms with Crippen molar-refractivity contribution in [2.75, 3.05) is 33.4 Å². The van der Waals surface area contributed by atoms with Crippen LogP contribution in [0.15, 0.2) is 0 Å². The van der Waals surface area contributed by atoms with Gasteiger partial charge in [0, 0.05) is 32.5 Å². The number of likely N-dealkylation sites (N-methyl/N-ethyl adjacent to an activating group) is 1. The molecule has 1 rings (SSSR count). The highest BCUT2D eigenvalue weighted by molar-refractivity contribution is 5.82. The zero-order valence-electron chi connectivity index (χ0n) is 11.7. The standard InChI is InChI=1S/C14H27NO2/c1-5-15(6-7-17-4)10-13-12(3)8-11(2)9-14(13)16/h11-13H,5-10H2,1-4H3. The van der Waals surface area contributed by atoms with Crippen molar-refractivity contribution >= 4 is 5.78 Å². The maximum atomic E-state index is 12.1. The Labute approximate surface area is 106 Å². The molecule has 100 valence electrons. The molecule has 3 atom stereocenters. The van der Waals surface area contributed by atoms with Crippen molar-refractivity contribution in [3.8, 4) is 0 Å². The number of nitrogens with zero attached hydrogens (tertiary/aromatic N) is 1. The van der Waals surface area contributed by atoms with Gasteiger partial charge in [-0.2, -0.15) is 0 Å². The smallest absolute Gasteiger partial charge is 0.137 e.